The molecular formula is C22H23Cl2N3O5. The van der Waals surface area contributed by atoms with E-state index >= 15 is 0 Å². The summed E-state index contributed by atoms with van der Waals surface area (Å²) in [6.07, 6.45) is 0. The highest BCUT2D eigenvalue weighted by Crippen LogP contribution is 2.33. The maximum absolute atomic E-state index is 13.1. The molecule has 1 aliphatic rings. The summed E-state index contributed by atoms with van der Waals surface area (Å²) in [6.45, 7) is 5.58. The molecule has 0 bridgehead atoms. The van der Waals surface area contributed by atoms with E-state index in [1.54, 1.807) is 37.3 Å². The van der Waals surface area contributed by atoms with E-state index in [2.05, 4.69) is 10.6 Å². The Morgan fingerprint density at radius 2 is 1.78 bits per heavy atom. The molecule has 0 saturated carbocycles. The van der Waals surface area contributed by atoms with Gasteiger partial charge in [0.2, 0.25) is 5.91 Å². The lowest BCUT2D eigenvalue weighted by Gasteiger charge is -2.22. The van der Waals surface area contributed by atoms with Crippen LogP contribution in [0.25, 0.3) is 0 Å². The summed E-state index contributed by atoms with van der Waals surface area (Å²) in [7, 11) is 0. The van der Waals surface area contributed by atoms with E-state index in [1.807, 2.05) is 13.8 Å². The highest BCUT2D eigenvalue weighted by Gasteiger charge is 2.49. The number of ether oxygens (including phenoxy) is 2. The zero-order chi connectivity index (χ0) is 23.5. The minimum absolute atomic E-state index is 0.251. The minimum atomic E-state index is -1.38. The Balaban J connectivity index is 1.78. The van der Waals surface area contributed by atoms with E-state index in [0.717, 1.165) is 4.90 Å². The maximum atomic E-state index is 13.1. The van der Waals surface area contributed by atoms with Crippen molar-refractivity contribution >= 4 is 46.7 Å². The van der Waals surface area contributed by atoms with Gasteiger partial charge in [0.05, 0.1) is 28.9 Å². The second-order valence-corrected chi connectivity index (χ2v) is 7.96. The van der Waals surface area contributed by atoms with Crippen LogP contribution in [0, 0.1) is 0 Å². The van der Waals surface area contributed by atoms with Crippen LogP contribution in [0.2, 0.25) is 10.0 Å². The third-order valence-corrected chi connectivity index (χ3v) is 5.65. The molecule has 2 aromatic rings. The Bertz CT molecular complexity index is 1060. The summed E-state index contributed by atoms with van der Waals surface area (Å²) in [5.41, 5.74) is -0.546. The van der Waals surface area contributed by atoms with Gasteiger partial charge in [-0.1, -0.05) is 29.3 Å². The molecule has 1 heterocycles. The predicted molar refractivity (Wildman–Crippen MR) is 121 cm³/mol. The first kappa shape index (κ1) is 23.7. The van der Waals surface area contributed by atoms with E-state index in [4.69, 9.17) is 32.7 Å². The summed E-state index contributed by atoms with van der Waals surface area (Å²) in [4.78, 5) is 39.2. The molecule has 0 aliphatic carbocycles. The fourth-order valence-electron chi connectivity index (χ4n) is 3.32. The summed E-state index contributed by atoms with van der Waals surface area (Å²) < 4.78 is 11.0. The Hall–Kier alpha value is -2.97. The normalized spacial score (nSPS) is 17.8. The van der Waals surface area contributed by atoms with Crippen LogP contribution < -0.4 is 20.1 Å². The molecule has 3 rings (SSSR count). The molecule has 2 aromatic carbocycles. The van der Waals surface area contributed by atoms with Crippen molar-refractivity contribution in [3.63, 3.8) is 0 Å². The molecule has 32 heavy (non-hydrogen) atoms. The van der Waals surface area contributed by atoms with E-state index in [-0.39, 0.29) is 5.02 Å². The van der Waals surface area contributed by atoms with Crippen LogP contribution in [-0.2, 0) is 15.1 Å². The lowest BCUT2D eigenvalue weighted by molar-refractivity contribution is -0.133. The summed E-state index contributed by atoms with van der Waals surface area (Å²) in [6, 6.07) is 9.00. The Morgan fingerprint density at radius 3 is 2.44 bits per heavy atom. The van der Waals surface area contributed by atoms with Crippen molar-refractivity contribution in [3.05, 3.63) is 52.0 Å². The number of rotatable bonds is 8. The number of carbonyl (C=O) groups excluding carboxylic acids is 3. The van der Waals surface area contributed by atoms with Crippen molar-refractivity contribution in [1.29, 1.82) is 0 Å². The number of hydrogen-bond acceptors (Lipinski definition) is 5. The van der Waals surface area contributed by atoms with Gasteiger partial charge in [-0.2, -0.15) is 0 Å². The van der Waals surface area contributed by atoms with Crippen LogP contribution in [0.3, 0.4) is 0 Å². The maximum Gasteiger partial charge on any atom is 0.325 e. The Labute approximate surface area is 195 Å². The van der Waals surface area contributed by atoms with Crippen molar-refractivity contribution in [3.8, 4) is 11.5 Å². The van der Waals surface area contributed by atoms with Gasteiger partial charge in [-0.25, -0.2) is 4.79 Å². The van der Waals surface area contributed by atoms with Crippen LogP contribution in [0.5, 0.6) is 11.5 Å². The fourth-order valence-corrected chi connectivity index (χ4v) is 3.62. The number of amides is 4. The van der Waals surface area contributed by atoms with Crippen LogP contribution in [-0.4, -0.2) is 42.5 Å². The Kier molecular flexibility index (Phi) is 7.16. The smallest absolute Gasteiger partial charge is 0.325 e. The highest BCUT2D eigenvalue weighted by atomic mass is 35.5. The average Bonchev–Trinajstić information content (AvgIpc) is 2.96. The minimum Gasteiger partial charge on any atom is -0.494 e. The molecule has 0 aromatic heterocycles. The number of benzene rings is 2. The number of imide groups is 1. The molecule has 1 aliphatic heterocycles. The number of halogens is 2. The summed E-state index contributed by atoms with van der Waals surface area (Å²) >= 11 is 12.0. The molecule has 2 N–H and O–H groups in total. The standard InChI is InChI=1S/C22H23Cl2N3O5/c1-4-31-14-7-9-18(32-5-2)17(11-14)25-19(28)12-27-20(29)22(3,26-21(27)30)13-6-8-15(23)16(24)10-13/h6-11H,4-5,12H2,1-3H3,(H,25,28)(H,26,30). The van der Waals surface area contributed by atoms with Gasteiger partial charge >= 0.3 is 6.03 Å². The molecular weight excluding hydrogens is 457 g/mol. The van der Waals surface area contributed by atoms with Crippen molar-refractivity contribution in [2.24, 2.45) is 0 Å². The molecule has 10 heteroatoms. The van der Waals surface area contributed by atoms with E-state index in [1.165, 1.54) is 6.07 Å². The van der Waals surface area contributed by atoms with Gasteiger partial charge in [-0.3, -0.25) is 14.5 Å². The van der Waals surface area contributed by atoms with Crippen LogP contribution in [0.1, 0.15) is 26.3 Å². The lowest BCUT2D eigenvalue weighted by Crippen LogP contribution is -2.42. The molecule has 1 atom stereocenters. The first-order chi connectivity index (χ1) is 15.2. The summed E-state index contributed by atoms with van der Waals surface area (Å²) in [5.74, 6) is -0.152. The van der Waals surface area contributed by atoms with Crippen LogP contribution in [0.4, 0.5) is 10.5 Å². The predicted octanol–water partition coefficient (Wildman–Crippen LogP) is 4.20. The van der Waals surface area contributed by atoms with Gasteiger partial charge in [0.25, 0.3) is 5.91 Å². The third-order valence-electron chi connectivity index (χ3n) is 4.91. The van der Waals surface area contributed by atoms with Crippen LogP contribution >= 0.6 is 23.2 Å². The topological polar surface area (TPSA) is 97.0 Å². The number of nitrogens with one attached hydrogen (secondary N) is 2. The summed E-state index contributed by atoms with van der Waals surface area (Å²) in [5, 5.41) is 5.90. The van der Waals surface area contributed by atoms with Crippen molar-refractivity contribution in [2.75, 3.05) is 25.1 Å². The number of carbonyl (C=O) groups is 3. The molecule has 4 amide bonds. The molecule has 1 unspecified atom stereocenters. The molecule has 0 radical (unpaired) electrons. The first-order valence-electron chi connectivity index (χ1n) is 9.98. The largest absolute Gasteiger partial charge is 0.494 e. The van der Waals surface area contributed by atoms with Crippen LogP contribution in [0.15, 0.2) is 36.4 Å². The van der Waals surface area contributed by atoms with Gasteiger partial charge in [-0.05, 0) is 50.6 Å². The quantitative estimate of drug-likeness (QED) is 0.553. The second kappa shape index (κ2) is 9.67. The first-order valence-corrected chi connectivity index (χ1v) is 10.7. The zero-order valence-electron chi connectivity index (χ0n) is 17.8. The lowest BCUT2D eigenvalue weighted by atomic mass is 9.92. The van der Waals surface area contributed by atoms with E-state index in [9.17, 15) is 14.4 Å². The number of hydrogen-bond donors (Lipinski definition) is 2. The zero-order valence-corrected chi connectivity index (χ0v) is 19.3. The SMILES string of the molecule is CCOc1ccc(OCC)c(NC(=O)CN2C(=O)NC(C)(c3ccc(Cl)c(Cl)c3)C2=O)c1. The highest BCUT2D eigenvalue weighted by molar-refractivity contribution is 6.42. The monoisotopic (exact) mass is 479 g/mol. The fraction of sp³-hybridized carbons (Fsp3) is 0.318. The van der Waals surface area contributed by atoms with Gasteiger partial charge in [0.1, 0.15) is 23.6 Å². The number of nitrogens with zero attached hydrogens (tertiary/aromatic N) is 1. The van der Waals surface area contributed by atoms with Gasteiger partial charge < -0.3 is 20.1 Å². The van der Waals surface area contributed by atoms with E-state index < -0.39 is 29.9 Å². The van der Waals surface area contributed by atoms with Gasteiger partial charge in [0, 0.05) is 6.07 Å². The van der Waals surface area contributed by atoms with Crippen molar-refractivity contribution in [1.82, 2.24) is 10.2 Å². The molecule has 170 valence electrons. The number of urea groups is 1. The van der Waals surface area contributed by atoms with Crippen molar-refractivity contribution < 1.29 is 23.9 Å². The second-order valence-electron chi connectivity index (χ2n) is 7.15. The number of anilines is 1. The molecule has 1 saturated heterocycles. The molecule has 1 fully saturated rings. The molecule has 8 nitrogen and oxygen atoms in total. The average molecular weight is 480 g/mol. The van der Waals surface area contributed by atoms with E-state index in [0.29, 0.717) is 41.0 Å². The van der Waals surface area contributed by atoms with Crippen molar-refractivity contribution in [2.45, 2.75) is 26.3 Å². The third kappa shape index (κ3) is 4.76. The molecule has 0 spiro atoms. The van der Waals surface area contributed by atoms with Gasteiger partial charge in [0.15, 0.2) is 0 Å². The van der Waals surface area contributed by atoms with Gasteiger partial charge in [-0.15, -0.1) is 0 Å². The Morgan fingerprint density at radius 1 is 1.06 bits per heavy atom.